The van der Waals surface area contributed by atoms with Crippen LogP contribution in [0, 0.1) is 11.8 Å². The number of likely N-dealkylation sites (N-methyl/N-ethyl adjacent to an activating group) is 1. The molecule has 3 heteroatoms. The highest BCUT2D eigenvalue weighted by Crippen LogP contribution is 2.17. The van der Waals surface area contributed by atoms with E-state index in [0.29, 0.717) is 11.8 Å². The van der Waals surface area contributed by atoms with Crippen LogP contribution < -0.4 is 10.6 Å². The quantitative estimate of drug-likeness (QED) is 0.696. The number of carbonyl (C=O) groups excluding carboxylic acids is 1. The van der Waals surface area contributed by atoms with Gasteiger partial charge < -0.3 is 10.6 Å². The largest absolute Gasteiger partial charge is 0.358 e. The molecule has 0 aromatic rings. The fourth-order valence-electron chi connectivity index (χ4n) is 2.28. The van der Waals surface area contributed by atoms with Crippen LogP contribution >= 0.6 is 0 Å². The van der Waals surface area contributed by atoms with Crippen LogP contribution in [0.3, 0.4) is 0 Å². The summed E-state index contributed by atoms with van der Waals surface area (Å²) in [6, 6.07) is -0.0362. The summed E-state index contributed by atoms with van der Waals surface area (Å²) in [7, 11) is 1.71. The predicted molar refractivity (Wildman–Crippen MR) is 71.8 cm³/mol. The maximum atomic E-state index is 11.7. The molecule has 3 nitrogen and oxygen atoms in total. The van der Waals surface area contributed by atoms with Crippen LogP contribution in [-0.4, -0.2) is 25.5 Å². The molecule has 1 amide bonds. The molecular formula is C14H26N2O. The van der Waals surface area contributed by atoms with Crippen molar-refractivity contribution in [3.05, 3.63) is 12.2 Å². The summed E-state index contributed by atoms with van der Waals surface area (Å²) in [4.78, 5) is 11.7. The molecule has 0 bridgehead atoms. The highest BCUT2D eigenvalue weighted by molar-refractivity contribution is 5.81. The lowest BCUT2D eigenvalue weighted by molar-refractivity contribution is -0.123. The van der Waals surface area contributed by atoms with Crippen molar-refractivity contribution in [3.8, 4) is 0 Å². The van der Waals surface area contributed by atoms with Crippen molar-refractivity contribution in [2.45, 2.75) is 45.6 Å². The van der Waals surface area contributed by atoms with Gasteiger partial charge in [-0.1, -0.05) is 26.0 Å². The zero-order valence-electron chi connectivity index (χ0n) is 11.3. The Hall–Kier alpha value is -0.830. The first-order valence-electron chi connectivity index (χ1n) is 6.73. The van der Waals surface area contributed by atoms with E-state index in [1.807, 2.05) is 0 Å². The zero-order chi connectivity index (χ0) is 12.7. The van der Waals surface area contributed by atoms with Crippen molar-refractivity contribution in [3.63, 3.8) is 0 Å². The molecule has 2 unspecified atom stereocenters. The Morgan fingerprint density at radius 3 is 2.71 bits per heavy atom. The molecule has 0 saturated carbocycles. The Morgan fingerprint density at radius 1 is 1.41 bits per heavy atom. The maximum absolute atomic E-state index is 11.7. The van der Waals surface area contributed by atoms with Gasteiger partial charge in [-0.2, -0.15) is 0 Å². The molecule has 1 aliphatic carbocycles. The topological polar surface area (TPSA) is 41.1 Å². The van der Waals surface area contributed by atoms with Crippen LogP contribution in [0.25, 0.3) is 0 Å². The van der Waals surface area contributed by atoms with E-state index in [9.17, 15) is 4.79 Å². The average Bonchev–Trinajstić information content (AvgIpc) is 2.34. The van der Waals surface area contributed by atoms with Crippen LogP contribution in [0.2, 0.25) is 0 Å². The minimum absolute atomic E-state index is 0.0362. The monoisotopic (exact) mass is 238 g/mol. The normalized spacial score (nSPS) is 21.5. The van der Waals surface area contributed by atoms with Crippen LogP contribution in [0.15, 0.2) is 12.2 Å². The van der Waals surface area contributed by atoms with Gasteiger partial charge in [0.05, 0.1) is 6.04 Å². The zero-order valence-corrected chi connectivity index (χ0v) is 11.3. The molecular weight excluding hydrogens is 212 g/mol. The van der Waals surface area contributed by atoms with E-state index in [4.69, 9.17) is 0 Å². The molecule has 0 aromatic heterocycles. The van der Waals surface area contributed by atoms with Gasteiger partial charge in [-0.3, -0.25) is 4.79 Å². The number of nitrogens with one attached hydrogen (secondary N) is 2. The minimum atomic E-state index is -0.0362. The predicted octanol–water partition coefficient (Wildman–Crippen LogP) is 2.09. The SMILES string of the molecule is CNC(=O)C(CC(C)C)NCC1CC=CCC1. The first kappa shape index (κ1) is 14.2. The molecule has 1 rings (SSSR count). The van der Waals surface area contributed by atoms with Gasteiger partial charge in [-0.25, -0.2) is 0 Å². The van der Waals surface area contributed by atoms with Gasteiger partial charge in [0.15, 0.2) is 0 Å². The van der Waals surface area contributed by atoms with Crippen molar-refractivity contribution in [1.29, 1.82) is 0 Å². The van der Waals surface area contributed by atoms with Gasteiger partial charge in [-0.05, 0) is 44.1 Å². The van der Waals surface area contributed by atoms with Gasteiger partial charge in [-0.15, -0.1) is 0 Å². The number of amides is 1. The standard InChI is InChI=1S/C14H26N2O/c1-11(2)9-13(14(17)15-3)16-10-12-7-5-4-6-8-12/h4-5,11-13,16H,6-10H2,1-3H3,(H,15,17). The van der Waals surface area contributed by atoms with E-state index in [0.717, 1.165) is 19.4 Å². The van der Waals surface area contributed by atoms with Gasteiger partial charge in [0.1, 0.15) is 0 Å². The minimum Gasteiger partial charge on any atom is -0.358 e. The van der Waals surface area contributed by atoms with Crippen molar-refractivity contribution >= 4 is 5.91 Å². The Labute approximate surface area is 105 Å². The van der Waals surface area contributed by atoms with Gasteiger partial charge in [0, 0.05) is 7.05 Å². The van der Waals surface area contributed by atoms with Gasteiger partial charge in [0.25, 0.3) is 0 Å². The molecule has 0 fully saturated rings. The Balaban J connectivity index is 2.37. The molecule has 0 saturated heterocycles. The fraction of sp³-hybridized carbons (Fsp3) is 0.786. The molecule has 0 heterocycles. The Morgan fingerprint density at radius 2 is 2.18 bits per heavy atom. The maximum Gasteiger partial charge on any atom is 0.236 e. The number of hydrogen-bond acceptors (Lipinski definition) is 2. The molecule has 0 aliphatic heterocycles. The lowest BCUT2D eigenvalue weighted by Gasteiger charge is -2.23. The first-order chi connectivity index (χ1) is 8.13. The summed E-state index contributed by atoms with van der Waals surface area (Å²) in [5.74, 6) is 1.35. The van der Waals surface area contributed by atoms with E-state index in [1.165, 1.54) is 12.8 Å². The second-order valence-corrected chi connectivity index (χ2v) is 5.36. The molecule has 0 aromatic carbocycles. The third kappa shape index (κ3) is 5.35. The van der Waals surface area contributed by atoms with Crippen molar-refractivity contribution in [2.24, 2.45) is 11.8 Å². The van der Waals surface area contributed by atoms with Crippen molar-refractivity contribution in [2.75, 3.05) is 13.6 Å². The molecule has 0 spiro atoms. The van der Waals surface area contributed by atoms with Crippen molar-refractivity contribution < 1.29 is 4.79 Å². The molecule has 2 atom stereocenters. The summed E-state index contributed by atoms with van der Waals surface area (Å²) in [5.41, 5.74) is 0. The summed E-state index contributed by atoms with van der Waals surface area (Å²) in [6.07, 6.45) is 8.98. The first-order valence-corrected chi connectivity index (χ1v) is 6.73. The Kier molecular flexibility index (Phi) is 6.27. The van der Waals surface area contributed by atoms with Crippen molar-refractivity contribution in [1.82, 2.24) is 10.6 Å². The molecule has 98 valence electrons. The third-order valence-electron chi connectivity index (χ3n) is 3.30. The lowest BCUT2D eigenvalue weighted by atomic mass is 9.93. The van der Waals surface area contributed by atoms with Crippen LogP contribution in [0.1, 0.15) is 39.5 Å². The number of carbonyl (C=O) groups is 1. The number of hydrogen-bond donors (Lipinski definition) is 2. The van der Waals surface area contributed by atoms with E-state index in [-0.39, 0.29) is 11.9 Å². The number of rotatable bonds is 6. The highest BCUT2D eigenvalue weighted by Gasteiger charge is 2.19. The summed E-state index contributed by atoms with van der Waals surface area (Å²) in [5, 5.41) is 6.17. The van der Waals surface area contributed by atoms with Gasteiger partial charge in [0.2, 0.25) is 5.91 Å². The summed E-state index contributed by atoms with van der Waals surface area (Å²) >= 11 is 0. The molecule has 1 aliphatic rings. The average molecular weight is 238 g/mol. The van der Waals surface area contributed by atoms with E-state index < -0.39 is 0 Å². The molecule has 2 N–H and O–H groups in total. The third-order valence-corrected chi connectivity index (χ3v) is 3.30. The smallest absolute Gasteiger partial charge is 0.236 e. The summed E-state index contributed by atoms with van der Waals surface area (Å²) < 4.78 is 0. The van der Waals surface area contributed by atoms with E-state index >= 15 is 0 Å². The van der Waals surface area contributed by atoms with Crippen LogP contribution in [-0.2, 0) is 4.79 Å². The van der Waals surface area contributed by atoms with E-state index in [2.05, 4.69) is 36.6 Å². The molecule has 17 heavy (non-hydrogen) atoms. The van der Waals surface area contributed by atoms with E-state index in [1.54, 1.807) is 7.05 Å². The van der Waals surface area contributed by atoms with Crippen LogP contribution in [0.4, 0.5) is 0 Å². The second-order valence-electron chi connectivity index (χ2n) is 5.36. The van der Waals surface area contributed by atoms with Crippen LogP contribution in [0.5, 0.6) is 0 Å². The molecule has 0 radical (unpaired) electrons. The second kappa shape index (κ2) is 7.49. The summed E-state index contributed by atoms with van der Waals surface area (Å²) in [6.45, 7) is 5.26. The van der Waals surface area contributed by atoms with Gasteiger partial charge >= 0.3 is 0 Å². The highest BCUT2D eigenvalue weighted by atomic mass is 16.2. The fourth-order valence-corrected chi connectivity index (χ4v) is 2.28. The Bertz CT molecular complexity index is 261. The number of allylic oxidation sites excluding steroid dienone is 2. The lowest BCUT2D eigenvalue weighted by Crippen LogP contribution is -2.45.